The van der Waals surface area contributed by atoms with Crippen LogP contribution in [0.3, 0.4) is 0 Å². The summed E-state index contributed by atoms with van der Waals surface area (Å²) >= 11 is 12.3. The fourth-order valence-corrected chi connectivity index (χ4v) is 3.73. The Bertz CT molecular complexity index is 1400. The predicted molar refractivity (Wildman–Crippen MR) is 138 cm³/mol. The maximum absolute atomic E-state index is 12.6. The number of hydrogen-bond acceptors (Lipinski definition) is 6. The van der Waals surface area contributed by atoms with Crippen molar-refractivity contribution in [1.82, 2.24) is 24.6 Å². The number of halogens is 2. The maximum atomic E-state index is 12.6. The molecule has 34 heavy (non-hydrogen) atoms. The molecule has 0 saturated heterocycles. The Hall–Kier alpha value is -3.46. The van der Waals surface area contributed by atoms with Crippen LogP contribution in [0.1, 0.15) is 0 Å². The molecule has 0 radical (unpaired) electrons. The standard InChI is InChI=1S/C24H23Cl2N7O/c1-31(2)11-5-8-20(34)32(3)16-6-4-7-17(13-16)33-24-21(23(27)28-14-29-24)22(30-33)15-9-10-18(25)19(26)12-15/h4-10,12-14H,11H2,1-3H3,(H2,27,28,29). The van der Waals surface area contributed by atoms with Crippen molar-refractivity contribution in [2.75, 3.05) is 38.3 Å². The number of likely N-dealkylation sites (N-methyl/N-ethyl adjacent to an activating group) is 2. The minimum Gasteiger partial charge on any atom is -0.383 e. The molecule has 0 spiro atoms. The molecule has 0 saturated carbocycles. The van der Waals surface area contributed by atoms with Crippen LogP contribution in [0.25, 0.3) is 28.0 Å². The number of carbonyl (C=O) groups excluding carboxylic acids is 1. The molecule has 2 aromatic heterocycles. The van der Waals surface area contributed by atoms with Gasteiger partial charge in [-0.05, 0) is 44.4 Å². The first kappa shape index (κ1) is 23.7. The molecule has 2 heterocycles. The van der Waals surface area contributed by atoms with Crippen molar-refractivity contribution in [3.63, 3.8) is 0 Å². The van der Waals surface area contributed by atoms with Gasteiger partial charge in [-0.15, -0.1) is 0 Å². The molecule has 0 aliphatic rings. The monoisotopic (exact) mass is 495 g/mol. The summed E-state index contributed by atoms with van der Waals surface area (Å²) in [5, 5.41) is 6.23. The van der Waals surface area contributed by atoms with Crippen LogP contribution in [0.15, 0.2) is 60.9 Å². The summed E-state index contributed by atoms with van der Waals surface area (Å²) in [4.78, 5) is 24.7. The first-order chi connectivity index (χ1) is 16.3. The van der Waals surface area contributed by atoms with E-state index in [1.165, 1.54) is 6.33 Å². The van der Waals surface area contributed by atoms with E-state index in [4.69, 9.17) is 34.0 Å². The van der Waals surface area contributed by atoms with Crippen molar-refractivity contribution in [2.45, 2.75) is 0 Å². The lowest BCUT2D eigenvalue weighted by Gasteiger charge is -2.16. The lowest BCUT2D eigenvalue weighted by Crippen LogP contribution is -2.24. The van der Waals surface area contributed by atoms with Crippen LogP contribution in [0.2, 0.25) is 10.0 Å². The van der Waals surface area contributed by atoms with E-state index in [0.717, 1.165) is 5.56 Å². The van der Waals surface area contributed by atoms with E-state index < -0.39 is 0 Å². The summed E-state index contributed by atoms with van der Waals surface area (Å²) in [6, 6.07) is 12.7. The number of nitrogens with two attached hydrogens (primary N) is 1. The number of hydrogen-bond donors (Lipinski definition) is 1. The Morgan fingerprint density at radius 2 is 1.88 bits per heavy atom. The Morgan fingerprint density at radius 3 is 2.62 bits per heavy atom. The van der Waals surface area contributed by atoms with Crippen molar-refractivity contribution in [1.29, 1.82) is 0 Å². The first-order valence-electron chi connectivity index (χ1n) is 10.4. The molecule has 4 aromatic rings. The molecule has 4 rings (SSSR count). The molecule has 2 aromatic carbocycles. The molecule has 174 valence electrons. The number of nitrogen functional groups attached to an aromatic ring is 1. The molecular formula is C24H23Cl2N7O. The normalized spacial score (nSPS) is 11.6. The highest BCUT2D eigenvalue weighted by molar-refractivity contribution is 6.42. The van der Waals surface area contributed by atoms with Gasteiger partial charge in [0.15, 0.2) is 5.65 Å². The van der Waals surface area contributed by atoms with Gasteiger partial charge in [0.25, 0.3) is 0 Å². The van der Waals surface area contributed by atoms with Crippen molar-refractivity contribution in [3.8, 4) is 16.9 Å². The molecule has 10 heteroatoms. The van der Waals surface area contributed by atoms with Crippen LogP contribution in [0, 0.1) is 0 Å². The van der Waals surface area contributed by atoms with Crippen molar-refractivity contribution in [2.24, 2.45) is 0 Å². The Morgan fingerprint density at radius 1 is 1.09 bits per heavy atom. The molecule has 0 fully saturated rings. The number of aromatic nitrogens is 4. The molecule has 0 aliphatic heterocycles. The second-order valence-electron chi connectivity index (χ2n) is 7.93. The number of carbonyl (C=O) groups is 1. The molecule has 8 nitrogen and oxygen atoms in total. The molecular weight excluding hydrogens is 473 g/mol. The van der Waals surface area contributed by atoms with E-state index in [-0.39, 0.29) is 5.91 Å². The second kappa shape index (κ2) is 9.80. The Kier molecular flexibility index (Phi) is 6.83. The third-order valence-corrected chi connectivity index (χ3v) is 5.95. The minimum atomic E-state index is -0.132. The molecule has 0 atom stereocenters. The Balaban J connectivity index is 1.78. The van der Waals surface area contributed by atoms with Gasteiger partial charge in [0.2, 0.25) is 5.91 Å². The van der Waals surface area contributed by atoms with E-state index in [0.29, 0.717) is 50.5 Å². The topological polar surface area (TPSA) is 93.2 Å². The smallest absolute Gasteiger partial charge is 0.250 e. The molecule has 0 bridgehead atoms. The van der Waals surface area contributed by atoms with Gasteiger partial charge >= 0.3 is 0 Å². The summed E-state index contributed by atoms with van der Waals surface area (Å²) in [7, 11) is 5.61. The quantitative estimate of drug-likeness (QED) is 0.397. The second-order valence-corrected chi connectivity index (χ2v) is 8.74. The zero-order chi connectivity index (χ0) is 24.4. The SMILES string of the molecule is CN(C)CC=CC(=O)N(C)c1cccc(-n2nc(-c3ccc(Cl)c(Cl)c3)c3c(N)ncnc32)c1. The van der Waals surface area contributed by atoms with Crippen LogP contribution >= 0.6 is 23.2 Å². The lowest BCUT2D eigenvalue weighted by molar-refractivity contribution is -0.113. The molecule has 0 aliphatic carbocycles. The number of nitrogens with zero attached hydrogens (tertiary/aromatic N) is 6. The van der Waals surface area contributed by atoms with Gasteiger partial charge in [-0.2, -0.15) is 5.10 Å². The van der Waals surface area contributed by atoms with E-state index in [1.54, 1.807) is 34.8 Å². The van der Waals surface area contributed by atoms with Gasteiger partial charge < -0.3 is 15.5 Å². The summed E-state index contributed by atoms with van der Waals surface area (Å²) in [6.07, 6.45) is 4.78. The molecule has 1 amide bonds. The highest BCUT2D eigenvalue weighted by atomic mass is 35.5. The van der Waals surface area contributed by atoms with Gasteiger partial charge in [0, 0.05) is 30.9 Å². The average molecular weight is 496 g/mol. The number of benzene rings is 2. The number of anilines is 2. The third kappa shape index (κ3) is 4.75. The number of fused-ring (bicyclic) bond motifs is 1. The highest BCUT2D eigenvalue weighted by Gasteiger charge is 2.19. The van der Waals surface area contributed by atoms with E-state index in [2.05, 4.69) is 9.97 Å². The van der Waals surface area contributed by atoms with Crippen LogP contribution in [-0.4, -0.2) is 58.2 Å². The maximum Gasteiger partial charge on any atom is 0.250 e. The van der Waals surface area contributed by atoms with Crippen LogP contribution in [0.4, 0.5) is 11.5 Å². The zero-order valence-corrected chi connectivity index (χ0v) is 20.4. The summed E-state index contributed by atoms with van der Waals surface area (Å²) in [5.74, 6) is 0.166. The largest absolute Gasteiger partial charge is 0.383 e. The fourth-order valence-electron chi connectivity index (χ4n) is 3.44. The fraction of sp³-hybridized carbons (Fsp3) is 0.167. The van der Waals surface area contributed by atoms with Crippen LogP contribution in [0.5, 0.6) is 0 Å². The summed E-state index contributed by atoms with van der Waals surface area (Å²) in [6.45, 7) is 0.678. The van der Waals surface area contributed by atoms with Gasteiger partial charge in [-0.1, -0.05) is 41.4 Å². The Labute approximate surface area is 207 Å². The third-order valence-electron chi connectivity index (χ3n) is 5.21. The van der Waals surface area contributed by atoms with E-state index in [9.17, 15) is 4.79 Å². The molecule has 2 N–H and O–H groups in total. The summed E-state index contributed by atoms with van der Waals surface area (Å²) < 4.78 is 1.68. The predicted octanol–water partition coefficient (Wildman–Crippen LogP) is 4.45. The van der Waals surface area contributed by atoms with E-state index in [1.807, 2.05) is 55.4 Å². The average Bonchev–Trinajstić information content (AvgIpc) is 3.21. The van der Waals surface area contributed by atoms with Crippen molar-refractivity contribution >= 4 is 51.6 Å². The van der Waals surface area contributed by atoms with Gasteiger partial charge in [0.1, 0.15) is 17.8 Å². The zero-order valence-electron chi connectivity index (χ0n) is 18.9. The summed E-state index contributed by atoms with van der Waals surface area (Å²) in [5.41, 5.74) is 9.47. The lowest BCUT2D eigenvalue weighted by atomic mass is 10.1. The van der Waals surface area contributed by atoms with Gasteiger partial charge in [0.05, 0.1) is 21.1 Å². The van der Waals surface area contributed by atoms with Gasteiger partial charge in [-0.25, -0.2) is 14.6 Å². The number of amides is 1. The van der Waals surface area contributed by atoms with Crippen LogP contribution < -0.4 is 10.6 Å². The number of rotatable bonds is 6. The minimum absolute atomic E-state index is 0.132. The first-order valence-corrected chi connectivity index (χ1v) is 11.2. The van der Waals surface area contributed by atoms with Crippen molar-refractivity contribution < 1.29 is 4.79 Å². The molecule has 0 unspecified atom stereocenters. The van der Waals surface area contributed by atoms with Crippen LogP contribution in [-0.2, 0) is 4.79 Å². The van der Waals surface area contributed by atoms with Gasteiger partial charge in [-0.3, -0.25) is 4.79 Å². The van der Waals surface area contributed by atoms with E-state index >= 15 is 0 Å². The van der Waals surface area contributed by atoms with Crippen molar-refractivity contribution in [3.05, 3.63) is 71.0 Å². The highest BCUT2D eigenvalue weighted by Crippen LogP contribution is 2.35.